The van der Waals surface area contributed by atoms with Gasteiger partial charge in [0.1, 0.15) is 12.4 Å². The van der Waals surface area contributed by atoms with E-state index in [2.05, 4.69) is 15.9 Å². The summed E-state index contributed by atoms with van der Waals surface area (Å²) in [6.45, 7) is 0.494. The van der Waals surface area contributed by atoms with Gasteiger partial charge < -0.3 is 9.64 Å². The van der Waals surface area contributed by atoms with Gasteiger partial charge in [0.25, 0.3) is 0 Å². The fraction of sp³-hybridized carbons (Fsp3) is 0.188. The molecule has 0 aromatic heterocycles. The number of benzene rings is 2. The van der Waals surface area contributed by atoms with Crippen LogP contribution in [0.4, 0.5) is 5.69 Å². The highest BCUT2D eigenvalue weighted by Gasteiger charge is 2.28. The zero-order valence-electron chi connectivity index (χ0n) is 11.1. The summed E-state index contributed by atoms with van der Waals surface area (Å²) >= 11 is 3.51. The summed E-state index contributed by atoms with van der Waals surface area (Å²) in [6, 6.07) is 13.9. The third-order valence-corrected chi connectivity index (χ3v) is 4.10. The molecule has 1 aliphatic heterocycles. The van der Waals surface area contributed by atoms with Crippen LogP contribution in [0.2, 0.25) is 0 Å². The largest absolute Gasteiger partial charge is 0.487 e. The van der Waals surface area contributed by atoms with Gasteiger partial charge in [-0.25, -0.2) is 0 Å². The smallest absolute Gasteiger partial charge is 0.231 e. The minimum absolute atomic E-state index is 0.0997. The molecule has 0 bridgehead atoms. The van der Waals surface area contributed by atoms with E-state index >= 15 is 0 Å². The normalized spacial score (nSPS) is 13.5. The Morgan fingerprint density at radius 2 is 1.95 bits per heavy atom. The standard InChI is InChI=1S/C16H14BrNO2/c1-18-14-8-7-13(17)16(12(14)9-15(18)19)20-10-11-5-3-2-4-6-11/h2-8H,9-10H2,1H3. The number of hydrogen-bond donors (Lipinski definition) is 0. The van der Waals surface area contributed by atoms with E-state index in [1.807, 2.05) is 42.5 Å². The Labute approximate surface area is 126 Å². The first kappa shape index (κ1) is 13.2. The minimum atomic E-state index is 0.0997. The van der Waals surface area contributed by atoms with Gasteiger partial charge in [-0.1, -0.05) is 30.3 Å². The molecule has 1 heterocycles. The van der Waals surface area contributed by atoms with Crippen molar-refractivity contribution in [2.45, 2.75) is 13.0 Å². The molecule has 0 saturated carbocycles. The van der Waals surface area contributed by atoms with Crippen LogP contribution in [0.3, 0.4) is 0 Å². The predicted octanol–water partition coefficient (Wildman–Crippen LogP) is 3.55. The van der Waals surface area contributed by atoms with Crippen molar-refractivity contribution >= 4 is 27.5 Å². The van der Waals surface area contributed by atoms with Gasteiger partial charge in [0, 0.05) is 12.6 Å². The SMILES string of the molecule is CN1C(=O)Cc2c1ccc(Br)c2OCc1ccccc1. The van der Waals surface area contributed by atoms with Crippen LogP contribution in [0.15, 0.2) is 46.9 Å². The van der Waals surface area contributed by atoms with Crippen molar-refractivity contribution in [2.75, 3.05) is 11.9 Å². The highest BCUT2D eigenvalue weighted by Crippen LogP contribution is 2.40. The van der Waals surface area contributed by atoms with Crippen molar-refractivity contribution in [3.63, 3.8) is 0 Å². The first-order valence-electron chi connectivity index (χ1n) is 6.41. The second-order valence-corrected chi connectivity index (χ2v) is 5.63. The van der Waals surface area contributed by atoms with E-state index in [1.54, 1.807) is 11.9 Å². The summed E-state index contributed by atoms with van der Waals surface area (Å²) in [5, 5.41) is 0. The molecule has 1 aliphatic rings. The van der Waals surface area contributed by atoms with Crippen molar-refractivity contribution in [1.29, 1.82) is 0 Å². The fourth-order valence-corrected chi connectivity index (χ4v) is 2.85. The number of amides is 1. The third kappa shape index (κ3) is 2.31. The molecule has 0 spiro atoms. The molecule has 20 heavy (non-hydrogen) atoms. The van der Waals surface area contributed by atoms with Crippen LogP contribution in [0.25, 0.3) is 0 Å². The van der Waals surface area contributed by atoms with Gasteiger partial charge >= 0.3 is 0 Å². The average molecular weight is 332 g/mol. The number of anilines is 1. The van der Waals surface area contributed by atoms with Gasteiger partial charge in [-0.2, -0.15) is 0 Å². The Morgan fingerprint density at radius 3 is 2.70 bits per heavy atom. The minimum Gasteiger partial charge on any atom is -0.487 e. The van der Waals surface area contributed by atoms with Gasteiger partial charge in [-0.3, -0.25) is 4.79 Å². The Balaban J connectivity index is 1.89. The molecule has 0 N–H and O–H groups in total. The molecular weight excluding hydrogens is 318 g/mol. The molecule has 4 heteroatoms. The molecule has 1 amide bonds. The molecule has 0 fully saturated rings. The molecule has 0 atom stereocenters. The first-order valence-corrected chi connectivity index (χ1v) is 7.21. The van der Waals surface area contributed by atoms with Crippen molar-refractivity contribution in [3.05, 3.63) is 58.1 Å². The molecule has 2 aromatic carbocycles. The van der Waals surface area contributed by atoms with Gasteiger partial charge in [0.2, 0.25) is 5.91 Å². The summed E-state index contributed by atoms with van der Waals surface area (Å²) in [7, 11) is 1.79. The number of likely N-dealkylation sites (N-methyl/N-ethyl adjacent to an activating group) is 1. The predicted molar refractivity (Wildman–Crippen MR) is 82.0 cm³/mol. The number of halogens is 1. The van der Waals surface area contributed by atoms with Gasteiger partial charge in [-0.15, -0.1) is 0 Å². The van der Waals surface area contributed by atoms with Gasteiger partial charge in [-0.05, 0) is 33.6 Å². The molecule has 3 rings (SSSR count). The summed E-state index contributed by atoms with van der Waals surface area (Å²) in [5.74, 6) is 0.867. The molecule has 0 saturated heterocycles. The van der Waals surface area contributed by atoms with E-state index in [-0.39, 0.29) is 5.91 Å². The van der Waals surface area contributed by atoms with Crippen LogP contribution in [-0.2, 0) is 17.8 Å². The number of carbonyl (C=O) groups is 1. The van der Waals surface area contributed by atoms with Crippen LogP contribution >= 0.6 is 15.9 Å². The Hall–Kier alpha value is -1.81. The lowest BCUT2D eigenvalue weighted by Crippen LogP contribution is -2.20. The van der Waals surface area contributed by atoms with E-state index < -0.39 is 0 Å². The van der Waals surface area contributed by atoms with E-state index in [9.17, 15) is 4.79 Å². The number of carbonyl (C=O) groups excluding carboxylic acids is 1. The zero-order chi connectivity index (χ0) is 14.1. The number of fused-ring (bicyclic) bond motifs is 1. The lowest BCUT2D eigenvalue weighted by atomic mass is 10.1. The molecule has 0 aliphatic carbocycles. The zero-order valence-corrected chi connectivity index (χ0v) is 12.7. The maximum atomic E-state index is 11.8. The summed E-state index contributed by atoms with van der Waals surface area (Å²) < 4.78 is 6.82. The molecule has 3 nitrogen and oxygen atoms in total. The Morgan fingerprint density at radius 1 is 1.20 bits per heavy atom. The third-order valence-electron chi connectivity index (χ3n) is 3.48. The van der Waals surface area contributed by atoms with Crippen LogP contribution in [-0.4, -0.2) is 13.0 Å². The fourth-order valence-electron chi connectivity index (χ4n) is 2.36. The van der Waals surface area contributed by atoms with Crippen LogP contribution in [0.1, 0.15) is 11.1 Å². The summed E-state index contributed by atoms with van der Waals surface area (Å²) in [4.78, 5) is 13.5. The maximum absolute atomic E-state index is 11.8. The molecule has 0 unspecified atom stereocenters. The Bertz CT molecular complexity index is 655. The van der Waals surface area contributed by atoms with Crippen LogP contribution in [0.5, 0.6) is 5.75 Å². The van der Waals surface area contributed by atoms with Crippen LogP contribution in [0, 0.1) is 0 Å². The summed E-state index contributed by atoms with van der Waals surface area (Å²) in [6.07, 6.45) is 0.398. The van der Waals surface area contributed by atoms with Crippen molar-refractivity contribution < 1.29 is 9.53 Å². The number of hydrogen-bond acceptors (Lipinski definition) is 2. The van der Waals surface area contributed by atoms with Gasteiger partial charge in [0.15, 0.2) is 0 Å². The van der Waals surface area contributed by atoms with Gasteiger partial charge in [0.05, 0.1) is 16.6 Å². The Kier molecular flexibility index (Phi) is 3.49. The summed E-state index contributed by atoms with van der Waals surface area (Å²) in [5.41, 5.74) is 3.00. The monoisotopic (exact) mass is 331 g/mol. The number of rotatable bonds is 3. The van der Waals surface area contributed by atoms with E-state index in [0.29, 0.717) is 13.0 Å². The van der Waals surface area contributed by atoms with Crippen molar-refractivity contribution in [2.24, 2.45) is 0 Å². The average Bonchev–Trinajstić information content (AvgIpc) is 2.75. The van der Waals surface area contributed by atoms with Crippen molar-refractivity contribution in [1.82, 2.24) is 0 Å². The highest BCUT2D eigenvalue weighted by molar-refractivity contribution is 9.10. The highest BCUT2D eigenvalue weighted by atomic mass is 79.9. The van der Waals surface area contributed by atoms with E-state index in [4.69, 9.17) is 4.74 Å². The molecule has 0 radical (unpaired) electrons. The lowest BCUT2D eigenvalue weighted by molar-refractivity contribution is -0.117. The maximum Gasteiger partial charge on any atom is 0.231 e. The van der Waals surface area contributed by atoms with Crippen LogP contribution < -0.4 is 9.64 Å². The number of ether oxygens (including phenoxy) is 1. The van der Waals surface area contributed by atoms with Crippen molar-refractivity contribution in [3.8, 4) is 5.75 Å². The molecule has 102 valence electrons. The quantitative estimate of drug-likeness (QED) is 0.860. The lowest BCUT2D eigenvalue weighted by Gasteiger charge is -2.14. The first-order chi connectivity index (χ1) is 9.66. The second-order valence-electron chi connectivity index (χ2n) is 4.78. The topological polar surface area (TPSA) is 29.5 Å². The second kappa shape index (κ2) is 5.29. The van der Waals surface area contributed by atoms with E-state index in [1.165, 1.54) is 0 Å². The van der Waals surface area contributed by atoms with E-state index in [0.717, 1.165) is 27.0 Å². The number of nitrogens with zero attached hydrogens (tertiary/aromatic N) is 1. The molecule has 2 aromatic rings. The molecular formula is C16H14BrNO2.